The SMILES string of the molecule is CCCCCNC(=O)C(C(C)C)N1C(=O)[C@H](CCSC)NC(=O)[C@H](CC(C)C)NC(=O)CNC(=O)[C@H](C(C)C)NC(=O)[C@H](Cc2ccccc2)NC(=O)[C@@H]1C. The van der Waals surface area contributed by atoms with Gasteiger partial charge in [0.15, 0.2) is 0 Å². The predicted octanol–water partition coefficient (Wildman–Crippen LogP) is 2.30. The van der Waals surface area contributed by atoms with Crippen molar-refractivity contribution in [2.24, 2.45) is 17.8 Å². The number of unbranched alkanes of at least 4 members (excludes halogenated alkanes) is 2. The molecule has 55 heavy (non-hydrogen) atoms. The minimum Gasteiger partial charge on any atom is -0.354 e. The van der Waals surface area contributed by atoms with Crippen molar-refractivity contribution >= 4 is 53.1 Å². The number of nitrogens with one attached hydrogen (secondary N) is 6. The quantitative estimate of drug-likeness (QED) is 0.146. The minimum absolute atomic E-state index is 0.0323. The Kier molecular flexibility index (Phi) is 20.3. The summed E-state index contributed by atoms with van der Waals surface area (Å²) in [5.74, 6) is -4.68. The zero-order chi connectivity index (χ0) is 41.2. The number of thioether (sulfide) groups is 1. The third-order valence-electron chi connectivity index (χ3n) is 9.50. The van der Waals surface area contributed by atoms with Crippen LogP contribution in [0.2, 0.25) is 0 Å². The van der Waals surface area contributed by atoms with Crippen LogP contribution in [-0.4, -0.2) is 108 Å². The molecule has 0 saturated carbocycles. The molecule has 7 amide bonds. The third kappa shape index (κ3) is 15.1. The molecule has 1 unspecified atom stereocenters. The Labute approximate surface area is 331 Å². The summed E-state index contributed by atoms with van der Waals surface area (Å²) < 4.78 is 0. The van der Waals surface area contributed by atoms with E-state index >= 15 is 0 Å². The summed E-state index contributed by atoms with van der Waals surface area (Å²) in [7, 11) is 0. The number of amides is 7. The summed E-state index contributed by atoms with van der Waals surface area (Å²) in [6.07, 6.45) is 4.91. The summed E-state index contributed by atoms with van der Waals surface area (Å²) in [6.45, 7) is 14.3. The monoisotopic (exact) mass is 787 g/mol. The van der Waals surface area contributed by atoms with Gasteiger partial charge in [0, 0.05) is 13.0 Å². The van der Waals surface area contributed by atoms with Crippen molar-refractivity contribution in [3.8, 4) is 0 Å². The van der Waals surface area contributed by atoms with Gasteiger partial charge in [-0.2, -0.15) is 11.8 Å². The average molecular weight is 788 g/mol. The fraction of sp³-hybridized carbons (Fsp3) is 0.675. The summed E-state index contributed by atoms with van der Waals surface area (Å²) in [5.41, 5.74) is 0.732. The van der Waals surface area contributed by atoms with Crippen molar-refractivity contribution in [1.29, 1.82) is 0 Å². The lowest BCUT2D eigenvalue weighted by molar-refractivity contribution is -0.151. The van der Waals surface area contributed by atoms with Crippen molar-refractivity contribution in [2.45, 2.75) is 130 Å². The first-order valence-electron chi connectivity index (χ1n) is 19.6. The molecular formula is C40H65N7O7S. The molecule has 308 valence electrons. The van der Waals surface area contributed by atoms with Crippen LogP contribution in [0.1, 0.15) is 93.1 Å². The number of hydrogen-bond acceptors (Lipinski definition) is 8. The van der Waals surface area contributed by atoms with E-state index in [1.54, 1.807) is 52.0 Å². The first kappa shape index (κ1) is 47.0. The number of benzene rings is 1. The van der Waals surface area contributed by atoms with E-state index in [1.165, 1.54) is 23.6 Å². The van der Waals surface area contributed by atoms with E-state index in [1.807, 2.05) is 26.2 Å². The van der Waals surface area contributed by atoms with Crippen LogP contribution in [0.15, 0.2) is 30.3 Å². The van der Waals surface area contributed by atoms with Gasteiger partial charge in [0.2, 0.25) is 41.4 Å². The van der Waals surface area contributed by atoms with Crippen molar-refractivity contribution < 1.29 is 33.6 Å². The van der Waals surface area contributed by atoms with Gasteiger partial charge in [-0.1, -0.05) is 91.6 Å². The van der Waals surface area contributed by atoms with Gasteiger partial charge in [-0.25, -0.2) is 0 Å². The lowest BCUT2D eigenvalue weighted by Crippen LogP contribution is -2.65. The first-order chi connectivity index (χ1) is 26.0. The summed E-state index contributed by atoms with van der Waals surface area (Å²) in [6, 6.07) is 2.17. The van der Waals surface area contributed by atoms with Gasteiger partial charge < -0.3 is 36.8 Å². The Morgan fingerprint density at radius 1 is 0.836 bits per heavy atom. The zero-order valence-corrected chi connectivity index (χ0v) is 35.0. The minimum atomic E-state index is -1.28. The highest BCUT2D eigenvalue weighted by Gasteiger charge is 2.42. The van der Waals surface area contributed by atoms with Gasteiger partial charge in [-0.3, -0.25) is 33.6 Å². The molecule has 15 heteroatoms. The molecule has 2 rings (SSSR count). The second kappa shape index (κ2) is 23.7. The van der Waals surface area contributed by atoms with Crippen LogP contribution < -0.4 is 31.9 Å². The van der Waals surface area contributed by atoms with Gasteiger partial charge >= 0.3 is 0 Å². The summed E-state index contributed by atoms with van der Waals surface area (Å²) >= 11 is 1.46. The van der Waals surface area contributed by atoms with Crippen molar-refractivity contribution in [3.63, 3.8) is 0 Å². The molecule has 1 aliphatic rings. The molecule has 1 heterocycles. The second-order valence-electron chi connectivity index (χ2n) is 15.4. The molecular weight excluding hydrogens is 723 g/mol. The lowest BCUT2D eigenvalue weighted by atomic mass is 9.96. The van der Waals surface area contributed by atoms with E-state index in [0.29, 0.717) is 12.3 Å². The molecule has 6 N–H and O–H groups in total. The molecule has 1 fully saturated rings. The number of carbonyl (C=O) groups excluding carboxylic acids is 7. The van der Waals surface area contributed by atoms with Crippen LogP contribution in [-0.2, 0) is 40.0 Å². The number of nitrogens with zero attached hydrogens (tertiary/aromatic N) is 1. The molecule has 0 aliphatic carbocycles. The summed E-state index contributed by atoms with van der Waals surface area (Å²) in [5, 5.41) is 16.7. The Morgan fingerprint density at radius 2 is 1.47 bits per heavy atom. The van der Waals surface area contributed by atoms with Gasteiger partial charge in [0.1, 0.15) is 36.3 Å². The highest BCUT2D eigenvalue weighted by atomic mass is 32.2. The van der Waals surface area contributed by atoms with Crippen LogP contribution in [0.25, 0.3) is 0 Å². The van der Waals surface area contributed by atoms with Crippen LogP contribution in [0.5, 0.6) is 0 Å². The fourth-order valence-electron chi connectivity index (χ4n) is 6.45. The van der Waals surface area contributed by atoms with Crippen LogP contribution in [0, 0.1) is 17.8 Å². The van der Waals surface area contributed by atoms with Gasteiger partial charge in [0.25, 0.3) is 0 Å². The maximum absolute atomic E-state index is 14.9. The topological polar surface area (TPSA) is 195 Å². The number of rotatable bonds is 15. The standard InChI is InChI=1S/C40H65N7O7S/c1-10-11-15-19-41-39(53)34(26(6)7)47-27(8)35(49)45-31(22-28-16-13-12-14-17-28)37(51)46-33(25(4)5)38(52)42-23-32(48)43-30(21-24(2)3)36(50)44-29(40(47)54)18-20-55-9/h12-14,16-17,24-27,29-31,33-34H,10-11,15,18-23H2,1-9H3,(H,41,53)(H,42,52)(H,43,48)(H,44,50)(H,45,49)(H,46,51)/t27-,29-,30-,31-,33-,34?/m0/s1. The largest absolute Gasteiger partial charge is 0.354 e. The third-order valence-corrected chi connectivity index (χ3v) is 10.1. The van der Waals surface area contributed by atoms with E-state index in [9.17, 15) is 33.6 Å². The number of carbonyl (C=O) groups is 7. The molecule has 1 saturated heterocycles. The Hall–Kier alpha value is -4.14. The van der Waals surface area contributed by atoms with Gasteiger partial charge in [-0.15, -0.1) is 0 Å². The molecule has 1 aromatic carbocycles. The smallest absolute Gasteiger partial charge is 0.246 e. The molecule has 0 radical (unpaired) electrons. The molecule has 0 bridgehead atoms. The van der Waals surface area contributed by atoms with Gasteiger partial charge in [0.05, 0.1) is 6.54 Å². The van der Waals surface area contributed by atoms with Crippen molar-refractivity contribution in [3.05, 3.63) is 35.9 Å². The highest BCUT2D eigenvalue weighted by molar-refractivity contribution is 7.98. The zero-order valence-electron chi connectivity index (χ0n) is 34.2. The average Bonchev–Trinajstić information content (AvgIpc) is 3.13. The van der Waals surface area contributed by atoms with Crippen molar-refractivity contribution in [2.75, 3.05) is 25.1 Å². The lowest BCUT2D eigenvalue weighted by Gasteiger charge is -2.40. The Balaban J connectivity index is 2.78. The predicted molar refractivity (Wildman–Crippen MR) is 216 cm³/mol. The van der Waals surface area contributed by atoms with Crippen LogP contribution >= 0.6 is 11.8 Å². The Bertz CT molecular complexity index is 1440. The van der Waals surface area contributed by atoms with Gasteiger partial charge in [-0.05, 0) is 61.5 Å². The second-order valence-corrected chi connectivity index (χ2v) is 16.4. The van der Waals surface area contributed by atoms with E-state index < -0.39 is 96.0 Å². The molecule has 14 nitrogen and oxygen atoms in total. The highest BCUT2D eigenvalue weighted by Crippen LogP contribution is 2.20. The maximum atomic E-state index is 14.9. The Morgan fingerprint density at radius 3 is 2.05 bits per heavy atom. The van der Waals surface area contributed by atoms with E-state index in [2.05, 4.69) is 38.8 Å². The molecule has 1 aliphatic heterocycles. The van der Waals surface area contributed by atoms with E-state index in [4.69, 9.17) is 0 Å². The van der Waals surface area contributed by atoms with Crippen molar-refractivity contribution in [1.82, 2.24) is 36.8 Å². The van der Waals surface area contributed by atoms with E-state index in [-0.39, 0.29) is 25.2 Å². The first-order valence-corrected chi connectivity index (χ1v) is 21.0. The summed E-state index contributed by atoms with van der Waals surface area (Å²) in [4.78, 5) is 99.1. The molecule has 6 atom stereocenters. The fourth-order valence-corrected chi connectivity index (χ4v) is 6.92. The molecule has 1 aromatic rings. The normalized spacial score (nSPS) is 23.0. The maximum Gasteiger partial charge on any atom is 0.246 e. The molecule has 0 aromatic heterocycles. The van der Waals surface area contributed by atoms with Crippen LogP contribution in [0.4, 0.5) is 0 Å². The van der Waals surface area contributed by atoms with E-state index in [0.717, 1.165) is 24.8 Å². The number of hydrogen-bond donors (Lipinski definition) is 6. The van der Waals surface area contributed by atoms with Crippen LogP contribution in [0.3, 0.4) is 0 Å². The molecule has 0 spiro atoms.